The van der Waals surface area contributed by atoms with E-state index in [9.17, 15) is 0 Å². The Morgan fingerprint density at radius 1 is 0.842 bits per heavy atom. The van der Waals surface area contributed by atoms with Gasteiger partial charge in [0, 0.05) is 6.04 Å². The molecule has 1 heteroatoms. The van der Waals surface area contributed by atoms with Gasteiger partial charge in [-0.05, 0) is 55.9 Å². The van der Waals surface area contributed by atoms with Crippen molar-refractivity contribution in [2.24, 2.45) is 17.3 Å². The Labute approximate surface area is 120 Å². The number of nitrogens with one attached hydrogen (secondary N) is 1. The van der Waals surface area contributed by atoms with Crippen molar-refractivity contribution in [2.75, 3.05) is 6.54 Å². The van der Waals surface area contributed by atoms with Crippen LogP contribution in [-0.2, 0) is 0 Å². The SMILES string of the molecule is CC(C)(C)C1CCCC(NCCC2CCCC2)CC1. The molecule has 2 fully saturated rings. The predicted octanol–water partition coefficient (Wildman–Crippen LogP) is 5.15. The van der Waals surface area contributed by atoms with Crippen molar-refractivity contribution in [1.82, 2.24) is 5.32 Å². The zero-order valence-corrected chi connectivity index (χ0v) is 13.5. The molecule has 2 aliphatic carbocycles. The molecule has 2 unspecified atom stereocenters. The minimum atomic E-state index is 0.513. The Bertz CT molecular complexity index is 247. The highest BCUT2D eigenvalue weighted by molar-refractivity contribution is 4.81. The van der Waals surface area contributed by atoms with Crippen LogP contribution >= 0.6 is 0 Å². The molecule has 0 bridgehead atoms. The normalized spacial score (nSPS) is 30.5. The third kappa shape index (κ3) is 5.10. The summed E-state index contributed by atoms with van der Waals surface area (Å²) in [5.74, 6) is 1.98. The van der Waals surface area contributed by atoms with Crippen LogP contribution in [0.3, 0.4) is 0 Å². The Balaban J connectivity index is 1.65. The van der Waals surface area contributed by atoms with E-state index in [-0.39, 0.29) is 0 Å². The molecule has 0 aromatic rings. The first-order chi connectivity index (χ1) is 9.05. The minimum absolute atomic E-state index is 0.513. The fourth-order valence-electron chi connectivity index (χ4n) is 4.16. The van der Waals surface area contributed by atoms with Crippen molar-refractivity contribution in [3.05, 3.63) is 0 Å². The van der Waals surface area contributed by atoms with Gasteiger partial charge < -0.3 is 5.32 Å². The molecule has 112 valence electrons. The molecule has 0 radical (unpaired) electrons. The zero-order valence-electron chi connectivity index (χ0n) is 13.5. The van der Waals surface area contributed by atoms with Gasteiger partial charge in [0.15, 0.2) is 0 Å². The summed E-state index contributed by atoms with van der Waals surface area (Å²) in [5.41, 5.74) is 0.513. The quantitative estimate of drug-likeness (QED) is 0.693. The van der Waals surface area contributed by atoms with Gasteiger partial charge in [0.25, 0.3) is 0 Å². The topological polar surface area (TPSA) is 12.0 Å². The second-order valence-corrected chi connectivity index (χ2v) is 8.16. The number of hydrogen-bond acceptors (Lipinski definition) is 1. The Morgan fingerprint density at radius 3 is 2.26 bits per heavy atom. The molecular formula is C18H35N. The summed E-state index contributed by atoms with van der Waals surface area (Å²) in [7, 11) is 0. The fourth-order valence-corrected chi connectivity index (χ4v) is 4.16. The summed E-state index contributed by atoms with van der Waals surface area (Å²) in [6.45, 7) is 8.54. The van der Waals surface area contributed by atoms with Crippen LogP contribution < -0.4 is 5.32 Å². The van der Waals surface area contributed by atoms with Gasteiger partial charge in [0.05, 0.1) is 0 Å². The van der Waals surface area contributed by atoms with Crippen molar-refractivity contribution in [3.8, 4) is 0 Å². The molecule has 2 saturated carbocycles. The molecule has 0 amide bonds. The standard InChI is InChI=1S/C18H35N/c1-18(2,3)16-9-6-10-17(12-11-16)19-14-13-15-7-4-5-8-15/h15-17,19H,4-14H2,1-3H3. The van der Waals surface area contributed by atoms with E-state index in [4.69, 9.17) is 0 Å². The molecule has 0 spiro atoms. The van der Waals surface area contributed by atoms with Crippen LogP contribution in [0.4, 0.5) is 0 Å². The lowest BCUT2D eigenvalue weighted by Crippen LogP contribution is -2.30. The molecule has 2 aliphatic rings. The van der Waals surface area contributed by atoms with Crippen molar-refractivity contribution in [3.63, 3.8) is 0 Å². The summed E-state index contributed by atoms with van der Waals surface area (Å²) >= 11 is 0. The molecule has 0 saturated heterocycles. The molecule has 0 heterocycles. The van der Waals surface area contributed by atoms with Crippen molar-refractivity contribution in [2.45, 2.75) is 91.0 Å². The van der Waals surface area contributed by atoms with Crippen LogP contribution in [0.5, 0.6) is 0 Å². The molecule has 19 heavy (non-hydrogen) atoms. The van der Waals surface area contributed by atoms with Crippen molar-refractivity contribution >= 4 is 0 Å². The predicted molar refractivity (Wildman–Crippen MR) is 84.4 cm³/mol. The molecule has 2 atom stereocenters. The van der Waals surface area contributed by atoms with Crippen LogP contribution in [0.15, 0.2) is 0 Å². The van der Waals surface area contributed by atoms with E-state index in [1.54, 1.807) is 0 Å². The number of hydrogen-bond donors (Lipinski definition) is 1. The van der Waals surface area contributed by atoms with Gasteiger partial charge in [-0.15, -0.1) is 0 Å². The highest BCUT2D eigenvalue weighted by atomic mass is 14.9. The van der Waals surface area contributed by atoms with Gasteiger partial charge in [-0.3, -0.25) is 0 Å². The summed E-state index contributed by atoms with van der Waals surface area (Å²) in [5, 5.41) is 3.86. The van der Waals surface area contributed by atoms with Gasteiger partial charge in [-0.1, -0.05) is 52.9 Å². The summed E-state index contributed by atoms with van der Waals surface area (Å²) in [6.07, 6.45) is 14.5. The van der Waals surface area contributed by atoms with Gasteiger partial charge in [0.2, 0.25) is 0 Å². The first kappa shape index (κ1) is 15.4. The fraction of sp³-hybridized carbons (Fsp3) is 1.00. The largest absolute Gasteiger partial charge is 0.314 e. The monoisotopic (exact) mass is 265 g/mol. The van der Waals surface area contributed by atoms with Crippen LogP contribution in [0.25, 0.3) is 0 Å². The Kier molecular flexibility index (Phi) is 5.74. The molecule has 0 aromatic carbocycles. The Morgan fingerprint density at radius 2 is 1.58 bits per heavy atom. The minimum Gasteiger partial charge on any atom is -0.314 e. The van der Waals surface area contributed by atoms with E-state index in [2.05, 4.69) is 26.1 Å². The smallest absolute Gasteiger partial charge is 0.00671 e. The maximum atomic E-state index is 3.86. The summed E-state index contributed by atoms with van der Waals surface area (Å²) < 4.78 is 0. The van der Waals surface area contributed by atoms with Crippen LogP contribution in [0.2, 0.25) is 0 Å². The lowest BCUT2D eigenvalue weighted by molar-refractivity contribution is 0.213. The van der Waals surface area contributed by atoms with E-state index < -0.39 is 0 Å². The molecule has 0 aliphatic heterocycles. The zero-order chi connectivity index (χ0) is 13.7. The van der Waals surface area contributed by atoms with E-state index in [0.717, 1.165) is 17.9 Å². The number of rotatable bonds is 4. The van der Waals surface area contributed by atoms with E-state index in [0.29, 0.717) is 5.41 Å². The average molecular weight is 265 g/mol. The van der Waals surface area contributed by atoms with Crippen LogP contribution in [0.1, 0.15) is 85.0 Å². The first-order valence-corrected chi connectivity index (χ1v) is 8.79. The van der Waals surface area contributed by atoms with Gasteiger partial charge in [-0.25, -0.2) is 0 Å². The third-order valence-electron chi connectivity index (χ3n) is 5.65. The second kappa shape index (κ2) is 7.11. The lowest BCUT2D eigenvalue weighted by Gasteiger charge is -2.29. The van der Waals surface area contributed by atoms with E-state index in [1.807, 2.05) is 0 Å². The molecule has 1 nitrogen and oxygen atoms in total. The third-order valence-corrected chi connectivity index (χ3v) is 5.65. The molecular weight excluding hydrogens is 230 g/mol. The van der Waals surface area contributed by atoms with E-state index in [1.165, 1.54) is 70.8 Å². The van der Waals surface area contributed by atoms with Gasteiger partial charge >= 0.3 is 0 Å². The average Bonchev–Trinajstić information content (AvgIpc) is 2.72. The molecule has 1 N–H and O–H groups in total. The first-order valence-electron chi connectivity index (χ1n) is 8.79. The molecule has 0 aromatic heterocycles. The van der Waals surface area contributed by atoms with Crippen LogP contribution in [-0.4, -0.2) is 12.6 Å². The van der Waals surface area contributed by atoms with Gasteiger partial charge in [0.1, 0.15) is 0 Å². The highest BCUT2D eigenvalue weighted by Crippen LogP contribution is 2.36. The van der Waals surface area contributed by atoms with Crippen molar-refractivity contribution < 1.29 is 0 Å². The summed E-state index contributed by atoms with van der Waals surface area (Å²) in [4.78, 5) is 0. The lowest BCUT2D eigenvalue weighted by atomic mass is 9.76. The highest BCUT2D eigenvalue weighted by Gasteiger charge is 2.27. The molecule has 2 rings (SSSR count). The second-order valence-electron chi connectivity index (χ2n) is 8.16. The van der Waals surface area contributed by atoms with E-state index >= 15 is 0 Å². The van der Waals surface area contributed by atoms with Crippen molar-refractivity contribution in [1.29, 1.82) is 0 Å². The maximum absolute atomic E-state index is 3.86. The van der Waals surface area contributed by atoms with Gasteiger partial charge in [-0.2, -0.15) is 0 Å². The van der Waals surface area contributed by atoms with Crippen LogP contribution in [0, 0.1) is 17.3 Å². The Hall–Kier alpha value is -0.0400. The maximum Gasteiger partial charge on any atom is 0.00671 e. The summed E-state index contributed by atoms with van der Waals surface area (Å²) in [6, 6.07) is 0.814.